The molecule has 3 atom stereocenters. The van der Waals surface area contributed by atoms with E-state index in [2.05, 4.69) is 16.0 Å². The third kappa shape index (κ3) is 4.06. The number of carbonyl (C=O) groups excluding carboxylic acids is 3. The maximum Gasteiger partial charge on any atom is 0.405 e. The number of piperidine rings is 2. The van der Waals surface area contributed by atoms with E-state index in [-0.39, 0.29) is 37.7 Å². The summed E-state index contributed by atoms with van der Waals surface area (Å²) < 4.78 is 39.7. The molecule has 3 aliphatic heterocycles. The molecule has 7 nitrogen and oxygen atoms in total. The third-order valence-electron chi connectivity index (χ3n) is 5.97. The van der Waals surface area contributed by atoms with E-state index >= 15 is 0 Å². The Hall–Kier alpha value is -2.46. The van der Waals surface area contributed by atoms with E-state index in [1.165, 1.54) is 4.90 Å². The van der Waals surface area contributed by atoms with Crippen LogP contribution in [0.15, 0.2) is 18.2 Å². The number of rotatable bonds is 4. The van der Waals surface area contributed by atoms with Crippen LogP contribution in [-0.2, 0) is 22.7 Å². The standard InChI is InChI=1S/C20H23F3N4O3/c21-20(22,23)17-14(2-1-7-24-17)25-9-11-3-4-12-10-27(19(30)13(12)8-11)15-5-6-16(28)26-18(15)29/h3-4,8,14-15,17,24-25H,1-2,5-7,9-10H2,(H,26,28,29)/t14-,15?,17+/m0/s1. The second kappa shape index (κ2) is 7.99. The molecule has 2 saturated heterocycles. The van der Waals surface area contributed by atoms with Crippen LogP contribution in [0.5, 0.6) is 0 Å². The van der Waals surface area contributed by atoms with Gasteiger partial charge in [-0.25, -0.2) is 0 Å². The summed E-state index contributed by atoms with van der Waals surface area (Å²) in [5.74, 6) is -1.12. The molecule has 162 valence electrons. The predicted molar refractivity (Wildman–Crippen MR) is 100 cm³/mol. The first-order valence-electron chi connectivity index (χ1n) is 10.0. The van der Waals surface area contributed by atoms with Gasteiger partial charge in [-0.2, -0.15) is 13.2 Å². The number of amides is 3. The molecule has 1 aromatic carbocycles. The fraction of sp³-hybridized carbons (Fsp3) is 0.550. The molecule has 10 heteroatoms. The molecule has 1 aromatic rings. The lowest BCUT2D eigenvalue weighted by molar-refractivity contribution is -0.166. The molecule has 0 spiro atoms. The molecule has 30 heavy (non-hydrogen) atoms. The van der Waals surface area contributed by atoms with Gasteiger partial charge in [0.1, 0.15) is 12.1 Å². The van der Waals surface area contributed by atoms with Crippen LogP contribution < -0.4 is 16.0 Å². The summed E-state index contributed by atoms with van der Waals surface area (Å²) in [5, 5.41) is 7.77. The number of hydrogen-bond acceptors (Lipinski definition) is 5. The van der Waals surface area contributed by atoms with Crippen molar-refractivity contribution in [3.05, 3.63) is 34.9 Å². The van der Waals surface area contributed by atoms with Crippen LogP contribution in [0, 0.1) is 0 Å². The first-order chi connectivity index (χ1) is 14.2. The van der Waals surface area contributed by atoms with Crippen molar-refractivity contribution in [1.29, 1.82) is 0 Å². The number of carbonyl (C=O) groups is 3. The van der Waals surface area contributed by atoms with Crippen LogP contribution in [0.1, 0.15) is 47.2 Å². The Kier molecular flexibility index (Phi) is 5.54. The molecule has 4 rings (SSSR count). The summed E-state index contributed by atoms with van der Waals surface area (Å²) >= 11 is 0. The van der Waals surface area contributed by atoms with Crippen molar-refractivity contribution in [2.24, 2.45) is 0 Å². The van der Waals surface area contributed by atoms with Gasteiger partial charge in [0, 0.05) is 31.1 Å². The van der Waals surface area contributed by atoms with Crippen molar-refractivity contribution in [1.82, 2.24) is 20.9 Å². The lowest BCUT2D eigenvalue weighted by Gasteiger charge is -2.34. The van der Waals surface area contributed by atoms with Gasteiger partial charge >= 0.3 is 6.18 Å². The fourth-order valence-electron chi connectivity index (χ4n) is 4.41. The van der Waals surface area contributed by atoms with Gasteiger partial charge in [0.15, 0.2) is 0 Å². The van der Waals surface area contributed by atoms with Crippen LogP contribution in [0.25, 0.3) is 0 Å². The van der Waals surface area contributed by atoms with Gasteiger partial charge in [-0.3, -0.25) is 19.7 Å². The van der Waals surface area contributed by atoms with Crippen molar-refractivity contribution in [2.75, 3.05) is 6.54 Å². The molecule has 0 aliphatic carbocycles. The van der Waals surface area contributed by atoms with Crippen molar-refractivity contribution < 1.29 is 27.6 Å². The lowest BCUT2D eigenvalue weighted by atomic mass is 9.97. The van der Waals surface area contributed by atoms with Crippen molar-refractivity contribution >= 4 is 17.7 Å². The molecule has 0 bridgehead atoms. The largest absolute Gasteiger partial charge is 0.405 e. The SMILES string of the molecule is O=C1CCC(N2Cc3ccc(CN[C@H]4CCCN[C@H]4C(F)(F)F)cc3C2=O)C(=O)N1. The Labute approximate surface area is 171 Å². The highest BCUT2D eigenvalue weighted by Gasteiger charge is 2.45. The lowest BCUT2D eigenvalue weighted by Crippen LogP contribution is -2.58. The molecular formula is C20H23F3N4O3. The number of fused-ring (bicyclic) bond motifs is 1. The van der Waals surface area contributed by atoms with Gasteiger partial charge in [-0.1, -0.05) is 12.1 Å². The van der Waals surface area contributed by atoms with E-state index in [9.17, 15) is 27.6 Å². The average molecular weight is 424 g/mol. The minimum atomic E-state index is -4.32. The number of benzene rings is 1. The molecule has 1 unspecified atom stereocenters. The van der Waals surface area contributed by atoms with E-state index < -0.39 is 30.2 Å². The Morgan fingerprint density at radius 2 is 1.97 bits per heavy atom. The average Bonchev–Trinajstić information content (AvgIpc) is 3.02. The second-order valence-corrected chi connectivity index (χ2v) is 7.99. The molecule has 0 radical (unpaired) electrons. The zero-order chi connectivity index (χ0) is 21.5. The molecule has 3 aliphatic rings. The summed E-state index contributed by atoms with van der Waals surface area (Å²) in [7, 11) is 0. The highest BCUT2D eigenvalue weighted by molar-refractivity contribution is 6.05. The Morgan fingerprint density at radius 1 is 1.17 bits per heavy atom. The highest BCUT2D eigenvalue weighted by Crippen LogP contribution is 2.29. The van der Waals surface area contributed by atoms with E-state index in [0.29, 0.717) is 30.5 Å². The molecule has 0 saturated carbocycles. The van der Waals surface area contributed by atoms with Crippen molar-refractivity contribution in [3.8, 4) is 0 Å². The van der Waals surface area contributed by atoms with Crippen LogP contribution in [-0.4, -0.2) is 53.5 Å². The summed E-state index contributed by atoms with van der Waals surface area (Å²) in [6.45, 7) is 0.820. The Morgan fingerprint density at radius 3 is 2.70 bits per heavy atom. The fourth-order valence-corrected chi connectivity index (χ4v) is 4.41. The number of halogens is 3. The van der Waals surface area contributed by atoms with Crippen LogP contribution in [0.3, 0.4) is 0 Å². The number of alkyl halides is 3. The Bertz CT molecular complexity index is 873. The van der Waals surface area contributed by atoms with Crippen LogP contribution in [0.4, 0.5) is 13.2 Å². The Balaban J connectivity index is 1.43. The van der Waals surface area contributed by atoms with Crippen molar-refractivity contribution in [2.45, 2.75) is 63.1 Å². The first kappa shape index (κ1) is 20.8. The number of imide groups is 1. The first-order valence-corrected chi connectivity index (χ1v) is 10.0. The maximum absolute atomic E-state index is 13.2. The maximum atomic E-state index is 13.2. The van der Waals surface area contributed by atoms with Gasteiger partial charge in [0.05, 0.1) is 0 Å². The zero-order valence-corrected chi connectivity index (χ0v) is 16.2. The number of nitrogens with zero attached hydrogens (tertiary/aromatic N) is 1. The van der Waals surface area contributed by atoms with E-state index in [0.717, 1.165) is 5.56 Å². The molecule has 3 amide bonds. The number of hydrogen-bond donors (Lipinski definition) is 3. The second-order valence-electron chi connectivity index (χ2n) is 7.99. The predicted octanol–water partition coefficient (Wildman–Crippen LogP) is 1.22. The molecule has 3 N–H and O–H groups in total. The van der Waals surface area contributed by atoms with E-state index in [1.54, 1.807) is 18.2 Å². The third-order valence-corrected chi connectivity index (χ3v) is 5.97. The molecule has 3 heterocycles. The topological polar surface area (TPSA) is 90.5 Å². The van der Waals surface area contributed by atoms with Crippen molar-refractivity contribution in [3.63, 3.8) is 0 Å². The van der Waals surface area contributed by atoms with Gasteiger partial charge in [-0.15, -0.1) is 0 Å². The van der Waals surface area contributed by atoms with E-state index in [4.69, 9.17) is 0 Å². The molecule has 2 fully saturated rings. The minimum Gasteiger partial charge on any atom is -0.322 e. The zero-order valence-electron chi connectivity index (χ0n) is 16.2. The highest BCUT2D eigenvalue weighted by atomic mass is 19.4. The summed E-state index contributed by atoms with van der Waals surface area (Å²) in [6.07, 6.45) is -2.78. The monoisotopic (exact) mass is 424 g/mol. The van der Waals surface area contributed by atoms with Gasteiger partial charge < -0.3 is 15.5 Å². The van der Waals surface area contributed by atoms with Crippen LogP contribution >= 0.6 is 0 Å². The van der Waals surface area contributed by atoms with Gasteiger partial charge in [0.25, 0.3) is 5.91 Å². The quantitative estimate of drug-likeness (QED) is 0.633. The molecular weight excluding hydrogens is 401 g/mol. The summed E-state index contributed by atoms with van der Waals surface area (Å²) in [4.78, 5) is 37.8. The summed E-state index contributed by atoms with van der Waals surface area (Å²) in [5.41, 5.74) is 1.92. The summed E-state index contributed by atoms with van der Waals surface area (Å²) in [6, 6.07) is 2.22. The number of nitrogens with one attached hydrogen (secondary N) is 3. The minimum absolute atomic E-state index is 0.182. The van der Waals surface area contributed by atoms with E-state index in [1.807, 2.05) is 0 Å². The van der Waals surface area contributed by atoms with Gasteiger partial charge in [-0.05, 0) is 43.0 Å². The molecule has 0 aromatic heterocycles. The van der Waals surface area contributed by atoms with Crippen LogP contribution in [0.2, 0.25) is 0 Å². The smallest absolute Gasteiger partial charge is 0.322 e. The normalized spacial score (nSPS) is 27.2. The van der Waals surface area contributed by atoms with Gasteiger partial charge in [0.2, 0.25) is 11.8 Å².